The molecule has 22 heavy (non-hydrogen) atoms. The Balaban J connectivity index is 1.65. The van der Waals surface area contributed by atoms with Crippen LogP contribution in [0.25, 0.3) is 0 Å². The molecule has 1 aliphatic carbocycles. The third-order valence-corrected chi connectivity index (χ3v) is 5.93. The van der Waals surface area contributed by atoms with Crippen LogP contribution in [-0.2, 0) is 0 Å². The normalized spacial score (nSPS) is 28.8. The Morgan fingerprint density at radius 1 is 1.36 bits per heavy atom. The van der Waals surface area contributed by atoms with Gasteiger partial charge in [-0.05, 0) is 31.9 Å². The van der Waals surface area contributed by atoms with Crippen LogP contribution in [0.15, 0.2) is 5.16 Å². The molecule has 0 bridgehead atoms. The van der Waals surface area contributed by atoms with E-state index in [1.807, 2.05) is 11.2 Å². The van der Waals surface area contributed by atoms with Crippen molar-refractivity contribution in [1.82, 2.24) is 14.3 Å². The molecule has 6 nitrogen and oxygen atoms in total. The van der Waals surface area contributed by atoms with Crippen LogP contribution in [0, 0.1) is 5.92 Å². The van der Waals surface area contributed by atoms with Crippen molar-refractivity contribution in [3.05, 3.63) is 0 Å². The summed E-state index contributed by atoms with van der Waals surface area (Å²) in [6.45, 7) is 0.758. The van der Waals surface area contributed by atoms with Gasteiger partial charge in [-0.2, -0.15) is 9.36 Å². The number of hydrogen-bond donors (Lipinski definition) is 2. The van der Waals surface area contributed by atoms with Gasteiger partial charge < -0.3 is 10.0 Å². The highest BCUT2D eigenvalue weighted by atomic mass is 32.2. The van der Waals surface area contributed by atoms with E-state index < -0.39 is 0 Å². The first-order valence-electron chi connectivity index (χ1n) is 7.82. The molecule has 3 rings (SSSR count). The molecular formula is C14H22N4O2S2. The highest BCUT2D eigenvalue weighted by Gasteiger charge is 2.39. The van der Waals surface area contributed by atoms with Gasteiger partial charge in [-0.25, -0.2) is 4.79 Å². The molecule has 0 spiro atoms. The second-order valence-electron chi connectivity index (χ2n) is 5.94. The van der Waals surface area contributed by atoms with Gasteiger partial charge in [-0.1, -0.05) is 24.6 Å². The largest absolute Gasteiger partial charge is 0.393 e. The van der Waals surface area contributed by atoms with Gasteiger partial charge >= 0.3 is 6.03 Å². The van der Waals surface area contributed by atoms with E-state index in [0.29, 0.717) is 10.3 Å². The number of carbonyl (C=O) groups is 1. The lowest BCUT2D eigenvalue weighted by Crippen LogP contribution is -2.46. The lowest BCUT2D eigenvalue weighted by Gasteiger charge is -2.36. The second kappa shape index (κ2) is 7.14. The highest BCUT2D eigenvalue weighted by Crippen LogP contribution is 2.35. The van der Waals surface area contributed by atoms with Crippen molar-refractivity contribution < 1.29 is 9.90 Å². The third-order valence-electron chi connectivity index (χ3n) is 4.64. The fourth-order valence-electron chi connectivity index (χ4n) is 3.59. The van der Waals surface area contributed by atoms with Crippen LogP contribution in [0.2, 0.25) is 0 Å². The van der Waals surface area contributed by atoms with E-state index in [1.54, 1.807) is 0 Å². The maximum Gasteiger partial charge on any atom is 0.323 e. The van der Waals surface area contributed by atoms with Gasteiger partial charge in [0.2, 0.25) is 10.3 Å². The summed E-state index contributed by atoms with van der Waals surface area (Å²) in [5, 5.41) is 14.4. The first-order valence-corrected chi connectivity index (χ1v) is 9.82. The number of carbonyl (C=O) groups excluding carboxylic acids is 1. The predicted octanol–water partition coefficient (Wildman–Crippen LogP) is 2.81. The van der Waals surface area contributed by atoms with E-state index in [0.717, 1.165) is 45.1 Å². The molecule has 2 amide bonds. The number of hydrogen-bond acceptors (Lipinski definition) is 6. The molecule has 1 aliphatic heterocycles. The number of anilines is 1. The Labute approximate surface area is 138 Å². The zero-order chi connectivity index (χ0) is 15.5. The minimum Gasteiger partial charge on any atom is -0.393 e. The summed E-state index contributed by atoms with van der Waals surface area (Å²) in [6, 6.07) is 0.0484. The van der Waals surface area contributed by atoms with Crippen molar-refractivity contribution >= 4 is 34.5 Å². The minimum atomic E-state index is -0.267. The number of thioether (sulfide) groups is 1. The van der Waals surface area contributed by atoms with E-state index in [1.165, 1.54) is 23.3 Å². The Bertz CT molecular complexity index is 525. The third kappa shape index (κ3) is 3.38. The molecular weight excluding hydrogens is 320 g/mol. The Morgan fingerprint density at radius 2 is 2.18 bits per heavy atom. The minimum absolute atomic E-state index is 0.107. The lowest BCUT2D eigenvalue weighted by molar-refractivity contribution is 0.0320. The first-order chi connectivity index (χ1) is 10.7. The molecule has 0 aromatic carbocycles. The number of aromatic nitrogens is 2. The van der Waals surface area contributed by atoms with Gasteiger partial charge in [0.25, 0.3) is 0 Å². The van der Waals surface area contributed by atoms with E-state index >= 15 is 0 Å². The summed E-state index contributed by atoms with van der Waals surface area (Å²) >= 11 is 2.67. The maximum atomic E-state index is 12.5. The Hall–Kier alpha value is -0.860. The van der Waals surface area contributed by atoms with Gasteiger partial charge in [-0.3, -0.25) is 5.32 Å². The van der Waals surface area contributed by atoms with Crippen molar-refractivity contribution in [2.24, 2.45) is 5.92 Å². The number of nitrogens with zero attached hydrogens (tertiary/aromatic N) is 3. The number of amides is 2. The summed E-state index contributed by atoms with van der Waals surface area (Å²) in [5.41, 5.74) is 0. The van der Waals surface area contributed by atoms with Crippen molar-refractivity contribution in [3.8, 4) is 0 Å². The van der Waals surface area contributed by atoms with Crippen LogP contribution < -0.4 is 5.32 Å². The molecule has 1 saturated carbocycles. The Kier molecular flexibility index (Phi) is 5.20. The molecule has 2 heterocycles. The molecule has 1 aromatic heterocycles. The van der Waals surface area contributed by atoms with Crippen LogP contribution in [0.5, 0.6) is 0 Å². The molecule has 2 fully saturated rings. The second-order valence-corrected chi connectivity index (χ2v) is 7.46. The number of nitrogens with one attached hydrogen (secondary N) is 1. The number of urea groups is 1. The van der Waals surface area contributed by atoms with Gasteiger partial charge in [0.15, 0.2) is 0 Å². The predicted molar refractivity (Wildman–Crippen MR) is 88.4 cm³/mol. The van der Waals surface area contributed by atoms with Gasteiger partial charge in [0.1, 0.15) is 0 Å². The molecule has 3 atom stereocenters. The summed E-state index contributed by atoms with van der Waals surface area (Å²) in [7, 11) is 0. The number of aliphatic hydroxyl groups is 1. The number of rotatable bonds is 3. The van der Waals surface area contributed by atoms with Crippen molar-refractivity contribution in [3.63, 3.8) is 0 Å². The van der Waals surface area contributed by atoms with Crippen molar-refractivity contribution in [2.75, 3.05) is 18.1 Å². The van der Waals surface area contributed by atoms with E-state index in [4.69, 9.17) is 0 Å². The van der Waals surface area contributed by atoms with Gasteiger partial charge in [0, 0.05) is 30.0 Å². The van der Waals surface area contributed by atoms with Crippen molar-refractivity contribution in [1.29, 1.82) is 0 Å². The molecule has 122 valence electrons. The van der Waals surface area contributed by atoms with Crippen LogP contribution >= 0.6 is 23.3 Å². The summed E-state index contributed by atoms with van der Waals surface area (Å²) in [5.74, 6) is 0.221. The van der Waals surface area contributed by atoms with Crippen LogP contribution in [0.4, 0.5) is 9.93 Å². The van der Waals surface area contributed by atoms with Gasteiger partial charge in [0.05, 0.1) is 6.10 Å². The maximum absolute atomic E-state index is 12.5. The molecule has 1 saturated heterocycles. The average molecular weight is 342 g/mol. The zero-order valence-corrected chi connectivity index (χ0v) is 14.3. The van der Waals surface area contributed by atoms with Crippen molar-refractivity contribution in [2.45, 2.75) is 55.8 Å². The van der Waals surface area contributed by atoms with Crippen LogP contribution in [0.1, 0.15) is 38.5 Å². The highest BCUT2D eigenvalue weighted by molar-refractivity contribution is 7.98. The van der Waals surface area contributed by atoms with E-state index in [9.17, 15) is 9.90 Å². The van der Waals surface area contributed by atoms with E-state index in [2.05, 4.69) is 14.7 Å². The standard InChI is InChI=1S/C14H22N4O2S2/c1-21-13-15-12(22-17-13)16-14(20)18-8-4-6-10(18)9-5-2-3-7-11(9)19/h9-11,19H,2-8H2,1H3,(H,15,16,17,20)/t9-,10-,11-/m1/s1. The lowest BCUT2D eigenvalue weighted by atomic mass is 9.80. The van der Waals surface area contributed by atoms with E-state index in [-0.39, 0.29) is 24.1 Å². The SMILES string of the molecule is CSc1nsc(NC(=O)N2CCC[C@@H]2[C@H]2CCCC[C@H]2O)n1. The summed E-state index contributed by atoms with van der Waals surface area (Å²) in [4.78, 5) is 18.7. The average Bonchev–Trinajstić information content (AvgIpc) is 3.16. The summed E-state index contributed by atoms with van der Waals surface area (Å²) in [6.07, 6.45) is 7.77. The fraction of sp³-hybridized carbons (Fsp3) is 0.786. The fourth-order valence-corrected chi connectivity index (χ4v) is 4.70. The van der Waals surface area contributed by atoms with Crippen LogP contribution in [0.3, 0.4) is 0 Å². The monoisotopic (exact) mass is 342 g/mol. The Morgan fingerprint density at radius 3 is 2.91 bits per heavy atom. The number of likely N-dealkylation sites (tertiary alicyclic amines) is 1. The summed E-state index contributed by atoms with van der Waals surface area (Å²) < 4.78 is 4.16. The topological polar surface area (TPSA) is 78.4 Å². The molecule has 2 aliphatic rings. The zero-order valence-electron chi connectivity index (χ0n) is 12.7. The molecule has 1 aromatic rings. The molecule has 2 N–H and O–H groups in total. The van der Waals surface area contributed by atoms with Crippen LogP contribution in [-0.4, -0.2) is 50.3 Å². The van der Waals surface area contributed by atoms with Gasteiger partial charge in [-0.15, -0.1) is 0 Å². The molecule has 8 heteroatoms. The molecule has 0 unspecified atom stereocenters. The molecule has 0 radical (unpaired) electrons. The quantitative estimate of drug-likeness (QED) is 0.826. The smallest absolute Gasteiger partial charge is 0.323 e. The first kappa shape index (κ1) is 16.0. The number of aliphatic hydroxyl groups excluding tert-OH is 1.